The Morgan fingerprint density at radius 1 is 1.10 bits per heavy atom. The molecule has 106 valence electrons. The third kappa shape index (κ3) is 1.05. The van der Waals surface area contributed by atoms with Crippen LogP contribution in [-0.4, -0.2) is 29.0 Å². The first-order chi connectivity index (χ1) is 10.1. The molecule has 2 atom stereocenters. The number of Topliss-reactive ketones (excluding diaryl/α,β-unsaturated/α-hetero) is 1. The van der Waals surface area contributed by atoms with Gasteiger partial charge in [-0.05, 0) is 18.4 Å². The molecule has 4 rings (SSSR count). The highest BCUT2D eigenvalue weighted by atomic mass is 16.2. The van der Waals surface area contributed by atoms with Gasteiger partial charge in [-0.15, -0.1) is 6.58 Å². The quantitative estimate of drug-likeness (QED) is 0.472. The molecule has 0 spiro atoms. The van der Waals surface area contributed by atoms with Crippen LogP contribution in [0.4, 0.5) is 0 Å². The van der Waals surface area contributed by atoms with Gasteiger partial charge < -0.3 is 0 Å². The number of nitrogens with zero attached hydrogens (tertiary/aromatic N) is 1. The Balaban J connectivity index is 2.05. The zero-order chi connectivity index (χ0) is 14.8. The molecule has 0 N–H and O–H groups in total. The number of fused-ring (bicyclic) bond motifs is 1. The fourth-order valence-electron chi connectivity index (χ4n) is 4.64. The summed E-state index contributed by atoms with van der Waals surface area (Å²) in [7, 11) is 0. The minimum atomic E-state index is -1.18. The molecule has 4 heteroatoms. The highest BCUT2D eigenvalue weighted by Crippen LogP contribution is 2.65. The summed E-state index contributed by atoms with van der Waals surface area (Å²) in [6.45, 7) is 3.79. The first-order valence-corrected chi connectivity index (χ1v) is 7.23. The molecule has 0 bridgehead atoms. The molecule has 1 heterocycles. The smallest absolute Gasteiger partial charge is 0.245 e. The van der Waals surface area contributed by atoms with Crippen LogP contribution in [0.2, 0.25) is 0 Å². The van der Waals surface area contributed by atoms with Crippen LogP contribution in [0.1, 0.15) is 35.2 Å². The zero-order valence-corrected chi connectivity index (χ0v) is 11.6. The van der Waals surface area contributed by atoms with Crippen LogP contribution >= 0.6 is 0 Å². The number of hydrogen-bond donors (Lipinski definition) is 0. The summed E-state index contributed by atoms with van der Waals surface area (Å²) in [5.41, 5.74) is -0.841. The number of benzene rings is 1. The molecule has 2 fully saturated rings. The Labute approximate surface area is 122 Å². The summed E-state index contributed by atoms with van der Waals surface area (Å²) in [5, 5.41) is 0. The molecule has 2 aliphatic carbocycles. The Bertz CT molecular complexity index is 723. The number of ketones is 1. The summed E-state index contributed by atoms with van der Waals surface area (Å²) >= 11 is 0. The van der Waals surface area contributed by atoms with Crippen molar-refractivity contribution in [3.05, 3.63) is 48.0 Å². The van der Waals surface area contributed by atoms with Gasteiger partial charge in [-0.3, -0.25) is 19.3 Å². The first kappa shape index (κ1) is 12.5. The average molecular weight is 281 g/mol. The van der Waals surface area contributed by atoms with E-state index >= 15 is 0 Å². The number of carbonyl (C=O) groups excluding carboxylic acids is 3. The molecule has 3 aliphatic rings. The minimum Gasteiger partial charge on any atom is -0.293 e. The van der Waals surface area contributed by atoms with Gasteiger partial charge in [0, 0.05) is 12.1 Å². The van der Waals surface area contributed by atoms with E-state index in [0.717, 1.165) is 12.0 Å². The van der Waals surface area contributed by atoms with Crippen molar-refractivity contribution in [2.45, 2.75) is 24.7 Å². The average Bonchev–Trinajstić information content (AvgIpc) is 3.05. The van der Waals surface area contributed by atoms with Crippen molar-refractivity contribution in [2.75, 3.05) is 6.54 Å². The van der Waals surface area contributed by atoms with E-state index in [-0.39, 0.29) is 24.1 Å². The fraction of sp³-hybridized carbons (Fsp3) is 0.353. The molecule has 4 nitrogen and oxygen atoms in total. The zero-order valence-electron chi connectivity index (χ0n) is 11.6. The lowest BCUT2D eigenvalue weighted by atomic mass is 9.67. The van der Waals surface area contributed by atoms with E-state index < -0.39 is 10.8 Å². The summed E-state index contributed by atoms with van der Waals surface area (Å²) in [4.78, 5) is 40.1. The molecular weight excluding hydrogens is 266 g/mol. The monoisotopic (exact) mass is 281 g/mol. The van der Waals surface area contributed by atoms with Crippen LogP contribution in [0.3, 0.4) is 0 Å². The fourth-order valence-corrected chi connectivity index (χ4v) is 4.64. The third-order valence-electron chi connectivity index (χ3n) is 5.38. The van der Waals surface area contributed by atoms with Crippen LogP contribution in [0, 0.1) is 5.41 Å². The predicted octanol–water partition coefficient (Wildman–Crippen LogP) is 1.85. The topological polar surface area (TPSA) is 54.5 Å². The van der Waals surface area contributed by atoms with Crippen molar-refractivity contribution in [1.82, 2.24) is 4.90 Å². The maximum absolute atomic E-state index is 13.0. The standard InChI is InChI=1S/C17H15NO3/c1-2-10-18-14(20)16-8-5-9-17(16,15(18)21)13(19)11-6-3-4-7-12(11)16/h2-4,6-7H,1,5,8-10H2. The van der Waals surface area contributed by atoms with Crippen molar-refractivity contribution >= 4 is 17.6 Å². The van der Waals surface area contributed by atoms with Gasteiger partial charge in [0.15, 0.2) is 5.78 Å². The third-order valence-corrected chi connectivity index (χ3v) is 5.38. The molecular formula is C17H15NO3. The SMILES string of the molecule is C=CCN1C(=O)C23CCCC2(C1=O)c1ccccc1C3=O. The van der Waals surface area contributed by atoms with Crippen LogP contribution in [0.15, 0.2) is 36.9 Å². The molecule has 1 aromatic rings. The number of carbonyl (C=O) groups is 3. The van der Waals surface area contributed by atoms with Crippen molar-refractivity contribution in [2.24, 2.45) is 5.41 Å². The van der Waals surface area contributed by atoms with Crippen LogP contribution in [0.5, 0.6) is 0 Å². The van der Waals surface area contributed by atoms with Crippen LogP contribution in [-0.2, 0) is 15.0 Å². The van der Waals surface area contributed by atoms with Crippen LogP contribution < -0.4 is 0 Å². The van der Waals surface area contributed by atoms with E-state index in [1.165, 1.54) is 11.0 Å². The Hall–Kier alpha value is -2.23. The molecule has 2 unspecified atom stereocenters. The van der Waals surface area contributed by atoms with E-state index in [1.54, 1.807) is 12.1 Å². The van der Waals surface area contributed by atoms with E-state index in [4.69, 9.17) is 0 Å². The molecule has 0 radical (unpaired) electrons. The molecule has 0 aromatic heterocycles. The maximum Gasteiger partial charge on any atom is 0.245 e. The highest BCUT2D eigenvalue weighted by molar-refractivity contribution is 6.30. The number of imide groups is 1. The Morgan fingerprint density at radius 3 is 2.52 bits per heavy atom. The molecule has 1 aromatic carbocycles. The van der Waals surface area contributed by atoms with Gasteiger partial charge in [0.1, 0.15) is 5.41 Å². The van der Waals surface area contributed by atoms with E-state index in [2.05, 4.69) is 6.58 Å². The molecule has 1 saturated heterocycles. The van der Waals surface area contributed by atoms with E-state index in [9.17, 15) is 14.4 Å². The first-order valence-electron chi connectivity index (χ1n) is 7.23. The van der Waals surface area contributed by atoms with Gasteiger partial charge in [0.2, 0.25) is 11.8 Å². The Morgan fingerprint density at radius 2 is 1.76 bits per heavy atom. The number of likely N-dealkylation sites (tertiary alicyclic amines) is 1. The largest absolute Gasteiger partial charge is 0.293 e. The van der Waals surface area contributed by atoms with Crippen molar-refractivity contribution in [3.63, 3.8) is 0 Å². The Kier molecular flexibility index (Phi) is 2.20. The molecule has 21 heavy (non-hydrogen) atoms. The molecule has 2 amide bonds. The second-order valence-corrected chi connectivity index (χ2v) is 6.05. The number of hydrogen-bond acceptors (Lipinski definition) is 3. The summed E-state index contributed by atoms with van der Waals surface area (Å²) in [6, 6.07) is 7.20. The predicted molar refractivity (Wildman–Crippen MR) is 75.7 cm³/mol. The van der Waals surface area contributed by atoms with Crippen LogP contribution in [0.25, 0.3) is 0 Å². The van der Waals surface area contributed by atoms with E-state index in [1.807, 2.05) is 12.1 Å². The number of rotatable bonds is 2. The lowest BCUT2D eigenvalue weighted by molar-refractivity contribution is -0.140. The van der Waals surface area contributed by atoms with Crippen molar-refractivity contribution in [1.29, 1.82) is 0 Å². The lowest BCUT2D eigenvalue weighted by Gasteiger charge is -2.27. The summed E-state index contributed by atoms with van der Waals surface area (Å²) in [6.07, 6.45) is 3.32. The van der Waals surface area contributed by atoms with Gasteiger partial charge in [0.05, 0.1) is 5.41 Å². The van der Waals surface area contributed by atoms with Gasteiger partial charge in [-0.1, -0.05) is 36.8 Å². The molecule has 1 aliphatic heterocycles. The second-order valence-electron chi connectivity index (χ2n) is 6.05. The lowest BCUT2D eigenvalue weighted by Crippen LogP contribution is -2.43. The van der Waals surface area contributed by atoms with E-state index in [0.29, 0.717) is 18.4 Å². The van der Waals surface area contributed by atoms with Crippen molar-refractivity contribution in [3.8, 4) is 0 Å². The maximum atomic E-state index is 13.0. The summed E-state index contributed by atoms with van der Waals surface area (Å²) in [5.74, 6) is -0.713. The highest BCUT2D eigenvalue weighted by Gasteiger charge is 2.78. The van der Waals surface area contributed by atoms with Gasteiger partial charge in [0.25, 0.3) is 0 Å². The second kappa shape index (κ2) is 3.70. The van der Waals surface area contributed by atoms with Gasteiger partial charge in [-0.2, -0.15) is 0 Å². The minimum absolute atomic E-state index is 0.166. The number of amides is 2. The normalized spacial score (nSPS) is 33.1. The molecule has 1 saturated carbocycles. The van der Waals surface area contributed by atoms with Gasteiger partial charge in [-0.25, -0.2) is 0 Å². The van der Waals surface area contributed by atoms with Gasteiger partial charge >= 0.3 is 0 Å². The van der Waals surface area contributed by atoms with Crippen molar-refractivity contribution < 1.29 is 14.4 Å². The summed E-state index contributed by atoms with van der Waals surface area (Å²) < 4.78 is 0.